The van der Waals surface area contributed by atoms with Gasteiger partial charge in [-0.15, -0.1) is 0 Å². The Hall–Kier alpha value is -9.26. The molecule has 68 heavy (non-hydrogen) atoms. The molecule has 0 N–H and O–H groups in total. The van der Waals surface area contributed by atoms with Crippen LogP contribution in [0.25, 0.3) is 123 Å². The molecule has 6 heteroatoms. The first kappa shape index (κ1) is 39.1. The molecule has 0 radical (unpaired) electrons. The number of aromatic nitrogens is 6. The molecule has 4 heterocycles. The molecule has 0 saturated heterocycles. The van der Waals surface area contributed by atoms with Gasteiger partial charge in [-0.25, -0.2) is 19.9 Å². The largest absolute Gasteiger partial charge is 0.278 e. The van der Waals surface area contributed by atoms with Gasteiger partial charge in [-0.05, 0) is 70.8 Å². The van der Waals surface area contributed by atoms with E-state index in [4.69, 9.17) is 19.9 Å². The number of fused-ring (bicyclic) bond motifs is 6. The van der Waals surface area contributed by atoms with Gasteiger partial charge in [-0.1, -0.05) is 194 Å². The van der Waals surface area contributed by atoms with Gasteiger partial charge in [0.05, 0.1) is 44.8 Å². The first-order chi connectivity index (χ1) is 33.7. The average Bonchev–Trinajstić information content (AvgIpc) is 3.94. The van der Waals surface area contributed by atoms with Crippen LogP contribution in [0.4, 0.5) is 0 Å². The van der Waals surface area contributed by atoms with Crippen LogP contribution in [0.3, 0.4) is 0 Å². The summed E-state index contributed by atoms with van der Waals surface area (Å²) in [4.78, 5) is 20.9. The Kier molecular flexibility index (Phi) is 9.39. The fourth-order valence-corrected chi connectivity index (χ4v) is 9.69. The quantitative estimate of drug-likeness (QED) is 0.153. The molecular weight excluding hydrogens is 829 g/mol. The summed E-state index contributed by atoms with van der Waals surface area (Å²) in [5.41, 5.74) is 16.5. The lowest BCUT2D eigenvalue weighted by Crippen LogP contribution is -2.04. The zero-order valence-electron chi connectivity index (χ0n) is 36.8. The van der Waals surface area contributed by atoms with Gasteiger partial charge in [-0.3, -0.25) is 9.13 Å². The summed E-state index contributed by atoms with van der Waals surface area (Å²) < 4.78 is 4.41. The van der Waals surface area contributed by atoms with E-state index in [2.05, 4.69) is 228 Å². The number of hydrogen-bond donors (Lipinski definition) is 0. The fourth-order valence-electron chi connectivity index (χ4n) is 9.69. The molecule has 0 aliphatic carbocycles. The molecule has 0 amide bonds. The molecule has 9 aromatic carbocycles. The van der Waals surface area contributed by atoms with Crippen LogP contribution in [-0.2, 0) is 0 Å². The molecule has 6 nitrogen and oxygen atoms in total. The third-order valence-electron chi connectivity index (χ3n) is 13.0. The van der Waals surface area contributed by atoms with Gasteiger partial charge in [0.15, 0.2) is 0 Å². The predicted molar refractivity (Wildman–Crippen MR) is 279 cm³/mol. The third kappa shape index (κ3) is 6.82. The molecule has 0 spiro atoms. The Balaban J connectivity index is 0.884. The van der Waals surface area contributed by atoms with Crippen molar-refractivity contribution < 1.29 is 0 Å². The van der Waals surface area contributed by atoms with E-state index in [0.717, 1.165) is 111 Å². The van der Waals surface area contributed by atoms with Gasteiger partial charge in [0.2, 0.25) is 11.9 Å². The van der Waals surface area contributed by atoms with Crippen molar-refractivity contribution in [2.45, 2.75) is 0 Å². The van der Waals surface area contributed by atoms with Crippen LogP contribution in [0.1, 0.15) is 0 Å². The maximum absolute atomic E-state index is 5.22. The second-order valence-corrected chi connectivity index (χ2v) is 17.1. The van der Waals surface area contributed by atoms with E-state index in [1.54, 1.807) is 0 Å². The second kappa shape index (κ2) is 16.3. The highest BCUT2D eigenvalue weighted by Crippen LogP contribution is 2.38. The zero-order valence-corrected chi connectivity index (χ0v) is 36.8. The molecule has 0 fully saturated rings. The van der Waals surface area contributed by atoms with E-state index >= 15 is 0 Å². The Morgan fingerprint density at radius 1 is 0.206 bits per heavy atom. The Morgan fingerprint density at radius 3 is 0.824 bits per heavy atom. The maximum atomic E-state index is 5.22. The van der Waals surface area contributed by atoms with Crippen molar-refractivity contribution in [3.05, 3.63) is 243 Å². The molecule has 0 unspecified atom stereocenters. The van der Waals surface area contributed by atoms with Crippen LogP contribution in [0.15, 0.2) is 243 Å². The van der Waals surface area contributed by atoms with Gasteiger partial charge in [-0.2, -0.15) is 0 Å². The van der Waals surface area contributed by atoms with Crippen LogP contribution in [0, 0.1) is 0 Å². The number of para-hydroxylation sites is 2. The van der Waals surface area contributed by atoms with Crippen molar-refractivity contribution >= 4 is 43.6 Å². The molecular formula is C62H40N6. The van der Waals surface area contributed by atoms with Crippen LogP contribution >= 0.6 is 0 Å². The summed E-state index contributed by atoms with van der Waals surface area (Å²) in [6.45, 7) is 0. The van der Waals surface area contributed by atoms with Crippen molar-refractivity contribution in [3.8, 4) is 79.2 Å². The predicted octanol–water partition coefficient (Wildman–Crippen LogP) is 15.5. The van der Waals surface area contributed by atoms with E-state index in [9.17, 15) is 0 Å². The fraction of sp³-hybridized carbons (Fsp3) is 0. The van der Waals surface area contributed by atoms with Crippen molar-refractivity contribution in [1.82, 2.24) is 29.1 Å². The van der Waals surface area contributed by atoms with E-state index in [1.165, 1.54) is 0 Å². The lowest BCUT2D eigenvalue weighted by molar-refractivity contribution is 0.995. The summed E-state index contributed by atoms with van der Waals surface area (Å²) in [7, 11) is 0. The van der Waals surface area contributed by atoms with E-state index in [1.807, 2.05) is 24.3 Å². The van der Waals surface area contributed by atoms with Crippen LogP contribution in [0.5, 0.6) is 0 Å². The number of benzene rings is 9. The molecule has 318 valence electrons. The standard InChI is InChI=1S/C62H40N6/c1-5-17-43(18-6-1)53-39-54(44-19-7-2-8-20-44)64-61(63-53)67-57-27-15-13-25-49(57)51-37-47(33-35-59(51)67)41-29-31-42(32-30-41)48-34-36-60-52(38-48)50-26-14-16-28-58(50)68(60)62-65-55(45-21-9-3-10-22-45)40-56(66-62)46-23-11-4-12-24-46/h1-40H. The first-order valence-electron chi connectivity index (χ1n) is 22.9. The third-order valence-corrected chi connectivity index (χ3v) is 13.0. The maximum Gasteiger partial charge on any atom is 0.235 e. The monoisotopic (exact) mass is 868 g/mol. The summed E-state index contributed by atoms with van der Waals surface area (Å²) in [5, 5.41) is 4.59. The summed E-state index contributed by atoms with van der Waals surface area (Å²) in [6, 6.07) is 85.0. The molecule has 0 aliphatic heterocycles. The summed E-state index contributed by atoms with van der Waals surface area (Å²) in [6.07, 6.45) is 0. The minimum atomic E-state index is 0.638. The van der Waals surface area contributed by atoms with Crippen LogP contribution in [0.2, 0.25) is 0 Å². The topological polar surface area (TPSA) is 61.4 Å². The van der Waals surface area contributed by atoms with Crippen molar-refractivity contribution in [2.75, 3.05) is 0 Å². The molecule has 13 rings (SSSR count). The second-order valence-electron chi connectivity index (χ2n) is 17.1. The zero-order chi connectivity index (χ0) is 45.0. The number of nitrogens with zero attached hydrogens (tertiary/aromatic N) is 6. The summed E-state index contributed by atoms with van der Waals surface area (Å²) >= 11 is 0. The molecule has 13 aromatic rings. The molecule has 0 atom stereocenters. The molecule has 0 bridgehead atoms. The SMILES string of the molecule is c1ccc(-c2cc(-c3ccccc3)nc(-n3c4ccccc4c4cc(-c5ccc(-c6ccc7c(c6)c6ccccc6n7-c6nc(-c7ccccc7)cc(-c7ccccc7)n6)cc5)ccc43)n2)cc1. The van der Waals surface area contributed by atoms with E-state index < -0.39 is 0 Å². The highest BCUT2D eigenvalue weighted by Gasteiger charge is 2.20. The Bertz CT molecular complexity index is 3610. The highest BCUT2D eigenvalue weighted by molar-refractivity contribution is 6.11. The molecule has 0 saturated carbocycles. The normalized spacial score (nSPS) is 11.5. The van der Waals surface area contributed by atoms with Crippen LogP contribution < -0.4 is 0 Å². The van der Waals surface area contributed by atoms with Gasteiger partial charge >= 0.3 is 0 Å². The van der Waals surface area contributed by atoms with E-state index in [-0.39, 0.29) is 0 Å². The Morgan fingerprint density at radius 2 is 0.485 bits per heavy atom. The molecule has 0 aliphatic rings. The van der Waals surface area contributed by atoms with Crippen molar-refractivity contribution in [1.29, 1.82) is 0 Å². The lowest BCUT2D eigenvalue weighted by atomic mass is 9.98. The highest BCUT2D eigenvalue weighted by atomic mass is 15.2. The minimum absolute atomic E-state index is 0.638. The number of hydrogen-bond acceptors (Lipinski definition) is 4. The van der Waals surface area contributed by atoms with Crippen LogP contribution in [-0.4, -0.2) is 29.1 Å². The van der Waals surface area contributed by atoms with Gasteiger partial charge in [0.25, 0.3) is 0 Å². The van der Waals surface area contributed by atoms with Crippen molar-refractivity contribution in [2.24, 2.45) is 0 Å². The number of rotatable bonds is 8. The average molecular weight is 869 g/mol. The van der Waals surface area contributed by atoms with Crippen molar-refractivity contribution in [3.63, 3.8) is 0 Å². The summed E-state index contributed by atoms with van der Waals surface area (Å²) in [5.74, 6) is 1.28. The lowest BCUT2D eigenvalue weighted by Gasteiger charge is -2.12. The van der Waals surface area contributed by atoms with Gasteiger partial charge in [0, 0.05) is 43.8 Å². The minimum Gasteiger partial charge on any atom is -0.278 e. The van der Waals surface area contributed by atoms with Gasteiger partial charge in [0.1, 0.15) is 0 Å². The first-order valence-corrected chi connectivity index (χ1v) is 22.9. The smallest absolute Gasteiger partial charge is 0.235 e. The van der Waals surface area contributed by atoms with E-state index in [0.29, 0.717) is 11.9 Å². The van der Waals surface area contributed by atoms with Gasteiger partial charge < -0.3 is 0 Å². The Labute approximate surface area is 392 Å². The molecule has 4 aromatic heterocycles.